The van der Waals surface area contributed by atoms with Gasteiger partial charge in [0, 0.05) is 5.41 Å². The van der Waals surface area contributed by atoms with Crippen LogP contribution in [-0.4, -0.2) is 21.9 Å². The maximum absolute atomic E-state index is 10.7. The van der Waals surface area contributed by atoms with Crippen molar-refractivity contribution in [2.45, 2.75) is 57.7 Å². The topological polar surface area (TPSA) is 40.5 Å². The molecule has 92 valence electrons. The molecule has 2 saturated carbocycles. The summed E-state index contributed by atoms with van der Waals surface area (Å²) in [5, 5.41) is 20.6. The van der Waals surface area contributed by atoms with E-state index in [2.05, 4.69) is 22.9 Å². The highest BCUT2D eigenvalue weighted by Crippen LogP contribution is 2.60. The van der Waals surface area contributed by atoms with E-state index in [1.807, 2.05) is 4.99 Å². The number of aliphatic hydroxyl groups excluding tert-OH is 1. The Morgan fingerprint density at radius 1 is 1.50 bits per heavy atom. The lowest BCUT2D eigenvalue weighted by Gasteiger charge is -2.48. The summed E-state index contributed by atoms with van der Waals surface area (Å²) in [5.74, 6) is 0.431. The minimum atomic E-state index is -0.903. The largest absolute Gasteiger partial charge is 0.390 e. The van der Waals surface area contributed by atoms with Crippen LogP contribution < -0.4 is 0 Å². The first kappa shape index (κ1) is 12.6. The zero-order valence-corrected chi connectivity index (χ0v) is 11.6. The monoisotopic (exact) mass is 288 g/mol. The smallest absolute Gasteiger partial charge is 0.0961 e. The van der Waals surface area contributed by atoms with Crippen molar-refractivity contribution in [1.82, 2.24) is 0 Å². The van der Waals surface area contributed by atoms with E-state index >= 15 is 0 Å². The van der Waals surface area contributed by atoms with Crippen molar-refractivity contribution >= 4 is 15.9 Å². The second-order valence-electron chi connectivity index (χ2n) is 5.65. The minimum Gasteiger partial charge on any atom is -0.390 e. The minimum absolute atomic E-state index is 0.154. The van der Waals surface area contributed by atoms with E-state index in [1.54, 1.807) is 6.92 Å². The first-order valence-corrected chi connectivity index (χ1v) is 7.07. The average molecular weight is 289 g/mol. The van der Waals surface area contributed by atoms with E-state index in [1.165, 1.54) is 5.57 Å². The lowest BCUT2D eigenvalue weighted by Crippen LogP contribution is -2.53. The summed E-state index contributed by atoms with van der Waals surface area (Å²) >= 11 is 3.44. The molecule has 2 rings (SSSR count). The Morgan fingerprint density at radius 2 is 2.19 bits per heavy atom. The third-order valence-electron chi connectivity index (χ3n) is 5.01. The molecule has 2 nitrogen and oxygen atoms in total. The van der Waals surface area contributed by atoms with Crippen molar-refractivity contribution in [3.05, 3.63) is 10.6 Å². The molecule has 0 saturated heterocycles. The molecule has 0 aromatic carbocycles. The van der Waals surface area contributed by atoms with Gasteiger partial charge in [0.15, 0.2) is 0 Å². The summed E-state index contributed by atoms with van der Waals surface area (Å²) in [6, 6.07) is 0. The van der Waals surface area contributed by atoms with E-state index in [9.17, 15) is 10.2 Å². The van der Waals surface area contributed by atoms with Crippen molar-refractivity contribution < 1.29 is 10.2 Å². The van der Waals surface area contributed by atoms with Gasteiger partial charge in [-0.3, -0.25) is 0 Å². The Kier molecular flexibility index (Phi) is 3.23. The van der Waals surface area contributed by atoms with Crippen LogP contribution in [0.4, 0.5) is 0 Å². The zero-order chi connectivity index (χ0) is 12.0. The molecule has 0 aromatic heterocycles. The fourth-order valence-electron chi connectivity index (χ4n) is 3.91. The highest BCUT2D eigenvalue weighted by atomic mass is 79.9. The Labute approximate surface area is 106 Å². The van der Waals surface area contributed by atoms with Gasteiger partial charge >= 0.3 is 0 Å². The van der Waals surface area contributed by atoms with Crippen LogP contribution >= 0.6 is 15.9 Å². The SMILES string of the molecule is C[C@@H](O)[C@@]1(O)CC[C@H]2/C(=C\Br)CCC[C@@]21C. The summed E-state index contributed by atoms with van der Waals surface area (Å²) < 4.78 is 0. The van der Waals surface area contributed by atoms with Gasteiger partial charge < -0.3 is 10.2 Å². The van der Waals surface area contributed by atoms with Gasteiger partial charge in [-0.1, -0.05) is 28.4 Å². The molecule has 0 heterocycles. The maximum Gasteiger partial charge on any atom is 0.0961 e. The van der Waals surface area contributed by atoms with Crippen LogP contribution in [-0.2, 0) is 0 Å². The quantitative estimate of drug-likeness (QED) is 0.779. The van der Waals surface area contributed by atoms with Gasteiger partial charge in [0.1, 0.15) is 0 Å². The highest BCUT2D eigenvalue weighted by molar-refractivity contribution is 9.11. The van der Waals surface area contributed by atoms with E-state index in [4.69, 9.17) is 0 Å². The van der Waals surface area contributed by atoms with Crippen LogP contribution in [0.25, 0.3) is 0 Å². The number of hydrogen-bond donors (Lipinski definition) is 2. The lowest BCUT2D eigenvalue weighted by atomic mass is 9.61. The van der Waals surface area contributed by atoms with E-state index in [0.717, 1.165) is 32.1 Å². The predicted octanol–water partition coefficient (Wildman–Crippen LogP) is 2.98. The Morgan fingerprint density at radius 3 is 2.75 bits per heavy atom. The van der Waals surface area contributed by atoms with Crippen molar-refractivity contribution in [3.63, 3.8) is 0 Å². The molecule has 0 amide bonds. The fourth-order valence-corrected chi connectivity index (χ4v) is 4.45. The average Bonchev–Trinajstić information content (AvgIpc) is 2.52. The van der Waals surface area contributed by atoms with Gasteiger partial charge in [-0.15, -0.1) is 0 Å². The molecule has 0 aliphatic heterocycles. The van der Waals surface area contributed by atoms with Gasteiger partial charge in [-0.2, -0.15) is 0 Å². The van der Waals surface area contributed by atoms with Gasteiger partial charge in [0.05, 0.1) is 11.7 Å². The standard InChI is InChI=1S/C13H21BrO2/c1-9(15)13(16)7-5-11-10(8-14)4-3-6-12(11,13)2/h8-9,11,15-16H,3-7H2,1-2H3/b10-8-/t9-,11+,12+,13+/m1/s1. The number of allylic oxidation sites excluding steroid dienone is 1. The molecule has 0 spiro atoms. The fraction of sp³-hybridized carbons (Fsp3) is 0.846. The number of hydrogen-bond acceptors (Lipinski definition) is 2. The van der Waals surface area contributed by atoms with Gasteiger partial charge in [0.25, 0.3) is 0 Å². The van der Waals surface area contributed by atoms with Crippen LogP contribution in [0.15, 0.2) is 10.6 Å². The summed E-state index contributed by atoms with van der Waals surface area (Å²) in [6.07, 6.45) is 4.33. The Bertz CT molecular complexity index is 313. The zero-order valence-electron chi connectivity index (χ0n) is 10.0. The van der Waals surface area contributed by atoms with Crippen molar-refractivity contribution in [2.75, 3.05) is 0 Å². The molecule has 2 aliphatic rings. The first-order valence-electron chi connectivity index (χ1n) is 6.15. The second kappa shape index (κ2) is 4.11. The van der Waals surface area contributed by atoms with E-state index in [0.29, 0.717) is 5.92 Å². The van der Waals surface area contributed by atoms with E-state index < -0.39 is 11.7 Å². The third kappa shape index (κ3) is 1.52. The molecule has 3 heteroatoms. The Balaban J connectivity index is 2.38. The molecule has 2 N–H and O–H groups in total. The van der Waals surface area contributed by atoms with Gasteiger partial charge in [-0.25, -0.2) is 0 Å². The van der Waals surface area contributed by atoms with E-state index in [-0.39, 0.29) is 5.41 Å². The van der Waals surface area contributed by atoms with Crippen LogP contribution in [0.1, 0.15) is 46.0 Å². The van der Waals surface area contributed by atoms with Crippen LogP contribution in [0.3, 0.4) is 0 Å². The lowest BCUT2D eigenvalue weighted by molar-refractivity contribution is -0.143. The summed E-state index contributed by atoms with van der Waals surface area (Å²) in [7, 11) is 0. The molecule has 4 atom stereocenters. The summed E-state index contributed by atoms with van der Waals surface area (Å²) in [4.78, 5) is 2.03. The molecule has 2 fully saturated rings. The van der Waals surface area contributed by atoms with Crippen LogP contribution in [0, 0.1) is 11.3 Å². The van der Waals surface area contributed by atoms with Crippen molar-refractivity contribution in [1.29, 1.82) is 0 Å². The molecule has 0 radical (unpaired) electrons. The van der Waals surface area contributed by atoms with Crippen LogP contribution in [0.5, 0.6) is 0 Å². The molecule has 16 heavy (non-hydrogen) atoms. The number of fused-ring (bicyclic) bond motifs is 1. The molecule has 0 unspecified atom stereocenters. The molecular formula is C13H21BrO2. The molecular weight excluding hydrogens is 268 g/mol. The number of rotatable bonds is 1. The summed E-state index contributed by atoms with van der Waals surface area (Å²) in [6.45, 7) is 3.87. The third-order valence-corrected chi connectivity index (χ3v) is 5.60. The van der Waals surface area contributed by atoms with Crippen molar-refractivity contribution in [3.8, 4) is 0 Å². The molecule has 0 aromatic rings. The Hall–Kier alpha value is 0.140. The van der Waals surface area contributed by atoms with Crippen molar-refractivity contribution in [2.24, 2.45) is 11.3 Å². The summed E-state index contributed by atoms with van der Waals surface area (Å²) in [5.41, 5.74) is 0.351. The maximum atomic E-state index is 10.7. The predicted molar refractivity (Wildman–Crippen MR) is 68.3 cm³/mol. The number of aliphatic hydroxyl groups is 2. The van der Waals surface area contributed by atoms with Crippen LogP contribution in [0.2, 0.25) is 0 Å². The highest BCUT2D eigenvalue weighted by Gasteiger charge is 2.60. The number of halogens is 1. The normalized spacial score (nSPS) is 48.1. The van der Waals surface area contributed by atoms with Gasteiger partial charge in [-0.05, 0) is 49.9 Å². The first-order chi connectivity index (χ1) is 7.45. The van der Waals surface area contributed by atoms with Gasteiger partial charge in [0.2, 0.25) is 0 Å². The second-order valence-corrected chi connectivity index (χ2v) is 6.10. The molecule has 2 aliphatic carbocycles. The molecule has 0 bridgehead atoms.